The average Bonchev–Trinajstić information content (AvgIpc) is 2.63. The van der Waals surface area contributed by atoms with Gasteiger partial charge in [0.05, 0.1) is 17.4 Å². The third-order valence-corrected chi connectivity index (χ3v) is 3.58. The van der Waals surface area contributed by atoms with Crippen molar-refractivity contribution in [1.82, 2.24) is 0 Å². The Hall–Kier alpha value is -3.56. The number of rotatable bonds is 4. The summed E-state index contributed by atoms with van der Waals surface area (Å²) in [5, 5.41) is 10.5. The summed E-state index contributed by atoms with van der Waals surface area (Å²) in [6.45, 7) is 0. The molecule has 7 nitrogen and oxygen atoms in total. The van der Waals surface area contributed by atoms with E-state index in [0.717, 1.165) is 30.3 Å². The number of fused-ring (bicyclic) bond motifs is 1. The molecule has 0 saturated carbocycles. The van der Waals surface area contributed by atoms with E-state index in [1.165, 1.54) is 19.2 Å². The van der Waals surface area contributed by atoms with Gasteiger partial charge in [0, 0.05) is 18.2 Å². The molecule has 10 heteroatoms. The summed E-state index contributed by atoms with van der Waals surface area (Å²) in [6, 6.07) is 8.03. The summed E-state index contributed by atoms with van der Waals surface area (Å²) in [5.74, 6) is -2.66. The Kier molecular flexibility index (Phi) is 4.48. The molecule has 0 amide bonds. The van der Waals surface area contributed by atoms with Gasteiger partial charge < -0.3 is 13.9 Å². The number of ether oxygens (including phenoxy) is 2. The summed E-state index contributed by atoms with van der Waals surface area (Å²) in [6.07, 6.45) is -5.01. The molecule has 0 atom stereocenters. The quantitative estimate of drug-likeness (QED) is 0.487. The average molecular weight is 381 g/mol. The van der Waals surface area contributed by atoms with Crippen LogP contribution in [0.15, 0.2) is 51.7 Å². The first-order valence-electron chi connectivity index (χ1n) is 7.35. The molecule has 27 heavy (non-hydrogen) atoms. The number of non-ortho nitro benzene ring substituents is 1. The molecule has 3 aromatic rings. The number of nitro groups is 1. The normalized spacial score (nSPS) is 11.4. The Morgan fingerprint density at radius 2 is 1.70 bits per heavy atom. The van der Waals surface area contributed by atoms with Crippen molar-refractivity contribution in [2.75, 3.05) is 7.11 Å². The van der Waals surface area contributed by atoms with Crippen LogP contribution in [0.25, 0.3) is 11.0 Å². The predicted octanol–water partition coefficient (Wildman–Crippen LogP) is 4.52. The highest BCUT2D eigenvalue weighted by atomic mass is 19.4. The minimum Gasteiger partial charge on any atom is -0.497 e. The van der Waals surface area contributed by atoms with Crippen molar-refractivity contribution in [3.8, 4) is 17.2 Å². The molecule has 0 N–H and O–H groups in total. The van der Waals surface area contributed by atoms with E-state index in [1.807, 2.05) is 0 Å². The van der Waals surface area contributed by atoms with E-state index in [2.05, 4.69) is 0 Å². The molecule has 2 aromatic carbocycles. The fraction of sp³-hybridized carbons (Fsp3) is 0.118. The molecule has 0 unspecified atom stereocenters. The van der Waals surface area contributed by atoms with Crippen LogP contribution in [0, 0.1) is 10.1 Å². The van der Waals surface area contributed by atoms with Gasteiger partial charge in [-0.2, -0.15) is 13.2 Å². The van der Waals surface area contributed by atoms with Gasteiger partial charge in [-0.3, -0.25) is 14.9 Å². The number of nitro benzene ring substituents is 1. The number of methoxy groups -OCH3 is 1. The highest BCUT2D eigenvalue weighted by Crippen LogP contribution is 2.38. The van der Waals surface area contributed by atoms with Crippen LogP contribution >= 0.6 is 0 Å². The lowest BCUT2D eigenvalue weighted by Crippen LogP contribution is -2.15. The van der Waals surface area contributed by atoms with E-state index in [-0.39, 0.29) is 28.2 Å². The zero-order valence-electron chi connectivity index (χ0n) is 13.6. The van der Waals surface area contributed by atoms with E-state index < -0.39 is 28.0 Å². The van der Waals surface area contributed by atoms with Crippen LogP contribution < -0.4 is 14.9 Å². The van der Waals surface area contributed by atoms with E-state index in [1.54, 1.807) is 0 Å². The zero-order valence-corrected chi connectivity index (χ0v) is 13.6. The van der Waals surface area contributed by atoms with Gasteiger partial charge in [0.15, 0.2) is 0 Å². The first-order valence-corrected chi connectivity index (χ1v) is 7.35. The number of benzene rings is 2. The summed E-state index contributed by atoms with van der Waals surface area (Å²) >= 11 is 0. The molecule has 0 aliphatic carbocycles. The molecule has 0 bridgehead atoms. The number of halogens is 3. The second-order valence-electron chi connectivity index (χ2n) is 5.30. The molecular formula is C17H10F3NO6. The monoisotopic (exact) mass is 381 g/mol. The lowest BCUT2D eigenvalue weighted by Gasteiger charge is -2.13. The van der Waals surface area contributed by atoms with Crippen molar-refractivity contribution >= 4 is 16.7 Å². The van der Waals surface area contributed by atoms with Gasteiger partial charge in [0.25, 0.3) is 11.4 Å². The standard InChI is InChI=1S/C17H10F3NO6/c1-25-11-6-7-12-13(8-11)27-16(17(18,19)20)15(14(12)22)26-10-4-2-9(3-5-10)21(23)24/h2-8H,1H3. The summed E-state index contributed by atoms with van der Waals surface area (Å²) in [5.41, 5.74) is -1.64. The van der Waals surface area contributed by atoms with Crippen LogP contribution in [0.1, 0.15) is 5.76 Å². The molecule has 0 spiro atoms. The number of hydrogen-bond donors (Lipinski definition) is 0. The van der Waals surface area contributed by atoms with Crippen molar-refractivity contribution < 1.29 is 32.0 Å². The summed E-state index contributed by atoms with van der Waals surface area (Å²) in [4.78, 5) is 22.5. The Morgan fingerprint density at radius 3 is 2.26 bits per heavy atom. The lowest BCUT2D eigenvalue weighted by atomic mass is 10.2. The summed E-state index contributed by atoms with van der Waals surface area (Å²) < 4.78 is 55.0. The largest absolute Gasteiger partial charge is 0.497 e. The van der Waals surface area contributed by atoms with Crippen molar-refractivity contribution in [3.05, 3.63) is 68.6 Å². The van der Waals surface area contributed by atoms with Gasteiger partial charge in [0.2, 0.25) is 11.2 Å². The van der Waals surface area contributed by atoms with Gasteiger partial charge in [-0.05, 0) is 24.3 Å². The van der Waals surface area contributed by atoms with E-state index in [0.29, 0.717) is 0 Å². The molecule has 140 valence electrons. The van der Waals surface area contributed by atoms with E-state index >= 15 is 0 Å². The molecule has 1 heterocycles. The SMILES string of the molecule is COc1ccc2c(=O)c(Oc3ccc([N+](=O)[O-])cc3)c(C(F)(F)F)oc2c1. The predicted molar refractivity (Wildman–Crippen MR) is 87.2 cm³/mol. The van der Waals surface area contributed by atoms with Gasteiger partial charge in [-0.15, -0.1) is 0 Å². The first-order chi connectivity index (χ1) is 12.7. The topological polar surface area (TPSA) is 91.8 Å². The maximum Gasteiger partial charge on any atom is 0.453 e. The van der Waals surface area contributed by atoms with Crippen molar-refractivity contribution in [2.24, 2.45) is 0 Å². The summed E-state index contributed by atoms with van der Waals surface area (Å²) in [7, 11) is 1.32. The van der Waals surface area contributed by atoms with Gasteiger partial charge >= 0.3 is 6.18 Å². The number of hydrogen-bond acceptors (Lipinski definition) is 6. The van der Waals surface area contributed by atoms with Crippen molar-refractivity contribution in [2.45, 2.75) is 6.18 Å². The smallest absolute Gasteiger partial charge is 0.453 e. The van der Waals surface area contributed by atoms with Gasteiger partial charge in [-0.25, -0.2) is 0 Å². The lowest BCUT2D eigenvalue weighted by molar-refractivity contribution is -0.384. The molecule has 1 aromatic heterocycles. The fourth-order valence-electron chi connectivity index (χ4n) is 2.32. The highest BCUT2D eigenvalue weighted by molar-refractivity contribution is 5.79. The maximum atomic E-state index is 13.4. The van der Waals surface area contributed by atoms with Crippen molar-refractivity contribution in [1.29, 1.82) is 0 Å². The van der Waals surface area contributed by atoms with Crippen molar-refractivity contribution in [3.63, 3.8) is 0 Å². The minimum absolute atomic E-state index is 0.138. The Labute approximate surface area is 148 Å². The molecule has 0 aliphatic heterocycles. The molecule has 0 aliphatic rings. The molecule has 3 rings (SSSR count). The number of alkyl halides is 3. The van der Waals surface area contributed by atoms with Crippen LogP contribution in [0.3, 0.4) is 0 Å². The van der Waals surface area contributed by atoms with E-state index in [9.17, 15) is 28.1 Å². The van der Waals surface area contributed by atoms with Gasteiger partial charge in [-0.1, -0.05) is 0 Å². The number of nitrogens with zero attached hydrogens (tertiary/aromatic N) is 1. The minimum atomic E-state index is -5.01. The maximum absolute atomic E-state index is 13.4. The Morgan fingerprint density at radius 1 is 1.07 bits per heavy atom. The van der Waals surface area contributed by atoms with Crippen LogP contribution in [0.5, 0.6) is 17.2 Å². The second kappa shape index (κ2) is 6.63. The van der Waals surface area contributed by atoms with Gasteiger partial charge in [0.1, 0.15) is 17.1 Å². The molecule has 0 radical (unpaired) electrons. The second-order valence-corrected chi connectivity index (χ2v) is 5.30. The molecular weight excluding hydrogens is 371 g/mol. The Bertz CT molecular complexity index is 1070. The molecule has 0 saturated heterocycles. The van der Waals surface area contributed by atoms with Crippen LogP contribution in [-0.4, -0.2) is 12.0 Å². The Balaban J connectivity index is 2.16. The highest BCUT2D eigenvalue weighted by Gasteiger charge is 2.40. The third kappa shape index (κ3) is 3.54. The first kappa shape index (κ1) is 18.2. The molecule has 0 fully saturated rings. The zero-order chi connectivity index (χ0) is 19.8. The van der Waals surface area contributed by atoms with Crippen LogP contribution in [0.2, 0.25) is 0 Å². The van der Waals surface area contributed by atoms with Crippen LogP contribution in [0.4, 0.5) is 18.9 Å². The third-order valence-electron chi connectivity index (χ3n) is 3.58. The fourth-order valence-corrected chi connectivity index (χ4v) is 2.32. The van der Waals surface area contributed by atoms with E-state index in [4.69, 9.17) is 13.9 Å². The van der Waals surface area contributed by atoms with Crippen LogP contribution in [-0.2, 0) is 6.18 Å².